The zero-order chi connectivity index (χ0) is 11.8. The SMILES string of the molecule is CCc1ccc2cc[c]([Sn]([CH3])([CH3])[CH3])cc2c1. The molecular formula is C15H20Sn. The Hall–Kier alpha value is -0.501. The first-order valence-corrected chi connectivity index (χ1v) is 16.0. The Kier molecular flexibility index (Phi) is 3.29. The molecule has 0 aliphatic heterocycles. The summed E-state index contributed by atoms with van der Waals surface area (Å²) < 4.78 is 1.62. The fraction of sp³-hybridized carbons (Fsp3) is 0.333. The molecule has 0 amide bonds. The Labute approximate surface area is 103 Å². The Morgan fingerprint density at radius 3 is 2.19 bits per heavy atom. The van der Waals surface area contributed by atoms with Crippen molar-refractivity contribution in [2.45, 2.75) is 28.2 Å². The van der Waals surface area contributed by atoms with Gasteiger partial charge in [0.05, 0.1) is 0 Å². The average molecular weight is 319 g/mol. The Morgan fingerprint density at radius 1 is 0.875 bits per heavy atom. The van der Waals surface area contributed by atoms with Crippen LogP contribution in [0, 0.1) is 0 Å². The third kappa shape index (κ3) is 2.42. The maximum absolute atomic E-state index is 2.47. The van der Waals surface area contributed by atoms with Gasteiger partial charge in [-0.15, -0.1) is 0 Å². The molecule has 0 fully saturated rings. The van der Waals surface area contributed by atoms with Crippen LogP contribution in [0.4, 0.5) is 0 Å². The van der Waals surface area contributed by atoms with Gasteiger partial charge in [-0.1, -0.05) is 0 Å². The van der Waals surface area contributed by atoms with E-state index in [0.717, 1.165) is 6.42 Å². The van der Waals surface area contributed by atoms with Gasteiger partial charge in [-0.3, -0.25) is 0 Å². The summed E-state index contributed by atoms with van der Waals surface area (Å²) in [7, 11) is 0. The number of hydrogen-bond donors (Lipinski definition) is 0. The molecule has 0 aliphatic rings. The number of rotatable bonds is 2. The average Bonchev–Trinajstić information content (AvgIpc) is 2.26. The minimum atomic E-state index is -1.90. The van der Waals surface area contributed by atoms with Crippen molar-refractivity contribution in [3.63, 3.8) is 0 Å². The van der Waals surface area contributed by atoms with Crippen LogP contribution in [-0.4, -0.2) is 18.4 Å². The molecule has 16 heavy (non-hydrogen) atoms. The first kappa shape index (κ1) is 12.0. The molecule has 0 heterocycles. The van der Waals surface area contributed by atoms with Crippen LogP contribution in [0.25, 0.3) is 10.8 Å². The van der Waals surface area contributed by atoms with Crippen molar-refractivity contribution >= 4 is 32.7 Å². The van der Waals surface area contributed by atoms with Crippen LogP contribution in [0.15, 0.2) is 36.4 Å². The van der Waals surface area contributed by atoms with Crippen LogP contribution in [0.2, 0.25) is 14.8 Å². The molecule has 84 valence electrons. The first-order valence-electron chi connectivity index (χ1n) is 6.04. The van der Waals surface area contributed by atoms with Gasteiger partial charge < -0.3 is 0 Å². The second-order valence-corrected chi connectivity index (χ2v) is 20.0. The zero-order valence-electron chi connectivity index (χ0n) is 10.7. The summed E-state index contributed by atoms with van der Waals surface area (Å²) in [6.45, 7) is 2.22. The van der Waals surface area contributed by atoms with E-state index in [1.807, 2.05) is 0 Å². The van der Waals surface area contributed by atoms with Gasteiger partial charge in [-0.05, 0) is 0 Å². The Balaban J connectivity index is 2.59. The summed E-state index contributed by atoms with van der Waals surface area (Å²) >= 11 is -1.90. The standard InChI is InChI=1S/C12H11.3CH3.Sn/c1-2-10-7-8-11-5-3-4-6-12(11)9-10;;;;/h3,5-9H,2H2,1H3;3*1H3;. The number of fused-ring (bicyclic) bond motifs is 1. The molecule has 2 aromatic carbocycles. The van der Waals surface area contributed by atoms with Crippen molar-refractivity contribution < 1.29 is 0 Å². The molecule has 0 saturated carbocycles. The summed E-state index contributed by atoms with van der Waals surface area (Å²) in [4.78, 5) is 7.42. The van der Waals surface area contributed by atoms with Gasteiger partial charge in [0, 0.05) is 0 Å². The van der Waals surface area contributed by atoms with E-state index in [4.69, 9.17) is 0 Å². The van der Waals surface area contributed by atoms with Crippen molar-refractivity contribution in [2.24, 2.45) is 0 Å². The minimum absolute atomic E-state index is 1.12. The molecule has 1 heteroatoms. The zero-order valence-corrected chi connectivity index (χ0v) is 13.5. The van der Waals surface area contributed by atoms with Gasteiger partial charge in [0.2, 0.25) is 0 Å². The van der Waals surface area contributed by atoms with E-state index in [2.05, 4.69) is 58.1 Å². The molecule has 2 rings (SSSR count). The van der Waals surface area contributed by atoms with E-state index in [-0.39, 0.29) is 0 Å². The van der Waals surface area contributed by atoms with Crippen molar-refractivity contribution in [2.75, 3.05) is 0 Å². The second kappa shape index (κ2) is 4.40. The number of benzene rings is 2. The van der Waals surface area contributed by atoms with E-state index in [1.54, 1.807) is 3.58 Å². The molecule has 0 saturated heterocycles. The molecule has 0 aliphatic carbocycles. The third-order valence-corrected chi connectivity index (χ3v) is 9.01. The van der Waals surface area contributed by atoms with E-state index in [0.29, 0.717) is 0 Å². The fourth-order valence-electron chi connectivity index (χ4n) is 1.98. The van der Waals surface area contributed by atoms with Crippen molar-refractivity contribution in [1.82, 2.24) is 0 Å². The van der Waals surface area contributed by atoms with Gasteiger partial charge in [0.15, 0.2) is 0 Å². The fourth-order valence-corrected chi connectivity index (χ4v) is 5.33. The molecule has 0 unspecified atom stereocenters. The van der Waals surface area contributed by atoms with E-state index < -0.39 is 18.4 Å². The quantitative estimate of drug-likeness (QED) is 0.736. The molecule has 0 N–H and O–H groups in total. The van der Waals surface area contributed by atoms with Crippen molar-refractivity contribution in [3.05, 3.63) is 42.0 Å². The first-order chi connectivity index (χ1) is 7.50. The summed E-state index contributed by atoms with van der Waals surface area (Å²) in [5, 5.41) is 2.79. The van der Waals surface area contributed by atoms with Crippen LogP contribution in [0.3, 0.4) is 0 Å². The monoisotopic (exact) mass is 320 g/mol. The molecule has 0 spiro atoms. The second-order valence-electron chi connectivity index (χ2n) is 5.50. The molecular weight excluding hydrogens is 299 g/mol. The van der Waals surface area contributed by atoms with Gasteiger partial charge in [0.25, 0.3) is 0 Å². The molecule has 2 aromatic rings. The van der Waals surface area contributed by atoms with Crippen LogP contribution in [-0.2, 0) is 6.42 Å². The van der Waals surface area contributed by atoms with Gasteiger partial charge in [-0.25, -0.2) is 0 Å². The maximum atomic E-state index is 2.47. The van der Waals surface area contributed by atoms with Crippen LogP contribution < -0.4 is 3.58 Å². The topological polar surface area (TPSA) is 0 Å². The Bertz CT molecular complexity index is 506. The van der Waals surface area contributed by atoms with Crippen molar-refractivity contribution in [1.29, 1.82) is 0 Å². The summed E-state index contributed by atoms with van der Waals surface area (Å²) in [5.74, 6) is 0. The van der Waals surface area contributed by atoms with Gasteiger partial charge in [-0.2, -0.15) is 0 Å². The molecule has 0 bridgehead atoms. The molecule has 0 radical (unpaired) electrons. The molecule has 0 atom stereocenters. The molecule has 0 nitrogen and oxygen atoms in total. The summed E-state index contributed by atoms with van der Waals surface area (Å²) in [6.07, 6.45) is 1.12. The van der Waals surface area contributed by atoms with E-state index in [1.165, 1.54) is 16.3 Å². The number of aryl methyl sites for hydroxylation is 1. The van der Waals surface area contributed by atoms with E-state index >= 15 is 0 Å². The van der Waals surface area contributed by atoms with Crippen LogP contribution >= 0.6 is 0 Å². The van der Waals surface area contributed by atoms with Crippen molar-refractivity contribution in [3.8, 4) is 0 Å². The summed E-state index contributed by atoms with van der Waals surface area (Å²) in [5.41, 5.74) is 1.44. The van der Waals surface area contributed by atoms with Crippen LogP contribution in [0.5, 0.6) is 0 Å². The van der Waals surface area contributed by atoms with Gasteiger partial charge in [0.1, 0.15) is 0 Å². The number of hydrogen-bond acceptors (Lipinski definition) is 0. The van der Waals surface area contributed by atoms with E-state index in [9.17, 15) is 0 Å². The Morgan fingerprint density at radius 2 is 1.56 bits per heavy atom. The summed E-state index contributed by atoms with van der Waals surface area (Å²) in [6, 6.07) is 13.9. The predicted molar refractivity (Wildman–Crippen MR) is 76.3 cm³/mol. The normalized spacial score (nSPS) is 12.0. The van der Waals surface area contributed by atoms with Crippen LogP contribution in [0.1, 0.15) is 12.5 Å². The molecule has 0 aromatic heterocycles. The third-order valence-electron chi connectivity index (χ3n) is 3.18. The van der Waals surface area contributed by atoms with Gasteiger partial charge >= 0.3 is 103 Å². The predicted octanol–water partition coefficient (Wildman–Crippen LogP) is 3.95.